The average Bonchev–Trinajstić information content (AvgIpc) is 3.23. The molecule has 0 saturated heterocycles. The number of carbonyl (C=O) groups is 1. The maximum atomic E-state index is 11.0. The number of hydrogen-bond acceptors (Lipinski definition) is 1. The molecule has 2 nitrogen and oxygen atoms in total. The zero-order chi connectivity index (χ0) is 14.4. The topological polar surface area (TPSA) is 37.3 Å². The standard InChI is InChI=1S/C19H22O2/c20-18(21)17-12-19(17)10-16(11-19)15-8-6-14(7-9-15)13-4-2-1-3-5-13/h1-2,4,6,8,16-17H,3,5,7,9-12H2,(H,20,21). The van der Waals surface area contributed by atoms with E-state index >= 15 is 0 Å². The maximum Gasteiger partial charge on any atom is 0.307 e. The van der Waals surface area contributed by atoms with Crippen LogP contribution >= 0.6 is 0 Å². The minimum absolute atomic E-state index is 0.0387. The second-order valence-corrected chi connectivity index (χ2v) is 7.15. The third-order valence-corrected chi connectivity index (χ3v) is 5.93. The van der Waals surface area contributed by atoms with Crippen molar-refractivity contribution in [2.45, 2.75) is 44.9 Å². The van der Waals surface area contributed by atoms with Crippen LogP contribution in [0.1, 0.15) is 44.9 Å². The van der Waals surface area contributed by atoms with Crippen LogP contribution in [-0.4, -0.2) is 11.1 Å². The van der Waals surface area contributed by atoms with Gasteiger partial charge in [0.15, 0.2) is 0 Å². The molecule has 4 aliphatic rings. The molecule has 2 heteroatoms. The smallest absolute Gasteiger partial charge is 0.307 e. The molecule has 110 valence electrons. The monoisotopic (exact) mass is 282 g/mol. The number of allylic oxidation sites excluding steroid dienone is 8. The van der Waals surface area contributed by atoms with E-state index in [-0.39, 0.29) is 11.3 Å². The summed E-state index contributed by atoms with van der Waals surface area (Å²) in [5.41, 5.74) is 4.77. The second-order valence-electron chi connectivity index (χ2n) is 7.15. The van der Waals surface area contributed by atoms with E-state index in [1.807, 2.05) is 0 Å². The molecule has 1 unspecified atom stereocenters. The lowest BCUT2D eigenvalue weighted by Crippen LogP contribution is -2.30. The van der Waals surface area contributed by atoms with E-state index in [9.17, 15) is 4.79 Å². The van der Waals surface area contributed by atoms with E-state index in [1.165, 1.54) is 30.4 Å². The van der Waals surface area contributed by atoms with Gasteiger partial charge >= 0.3 is 5.97 Å². The van der Waals surface area contributed by atoms with Crippen molar-refractivity contribution < 1.29 is 9.90 Å². The molecule has 1 atom stereocenters. The Morgan fingerprint density at radius 1 is 1.05 bits per heavy atom. The predicted octanol–water partition coefficient (Wildman–Crippen LogP) is 4.41. The van der Waals surface area contributed by atoms with Crippen molar-refractivity contribution in [2.24, 2.45) is 17.3 Å². The highest BCUT2D eigenvalue weighted by atomic mass is 16.4. The highest BCUT2D eigenvalue weighted by Gasteiger charge is 2.64. The van der Waals surface area contributed by atoms with E-state index < -0.39 is 5.97 Å². The lowest BCUT2D eigenvalue weighted by molar-refractivity contribution is -0.140. The van der Waals surface area contributed by atoms with E-state index in [1.54, 1.807) is 5.57 Å². The highest BCUT2D eigenvalue weighted by molar-refractivity contribution is 5.75. The molecular weight excluding hydrogens is 260 g/mol. The molecule has 0 aliphatic heterocycles. The van der Waals surface area contributed by atoms with Gasteiger partial charge in [-0.15, -0.1) is 0 Å². The van der Waals surface area contributed by atoms with Gasteiger partial charge in [-0.3, -0.25) is 4.79 Å². The van der Waals surface area contributed by atoms with Gasteiger partial charge in [-0.25, -0.2) is 0 Å². The van der Waals surface area contributed by atoms with Crippen molar-refractivity contribution >= 4 is 5.97 Å². The van der Waals surface area contributed by atoms with Gasteiger partial charge in [0.05, 0.1) is 5.92 Å². The lowest BCUT2D eigenvalue weighted by Gasteiger charge is -2.39. The number of aliphatic carboxylic acids is 1. The Hall–Kier alpha value is -1.57. The maximum absolute atomic E-state index is 11.0. The van der Waals surface area contributed by atoms with Gasteiger partial charge in [0.1, 0.15) is 0 Å². The first-order valence-electron chi connectivity index (χ1n) is 8.16. The first-order chi connectivity index (χ1) is 10.2. The fourth-order valence-electron chi connectivity index (χ4n) is 4.46. The van der Waals surface area contributed by atoms with Crippen molar-refractivity contribution in [1.29, 1.82) is 0 Å². The Morgan fingerprint density at radius 2 is 1.86 bits per heavy atom. The zero-order valence-electron chi connectivity index (χ0n) is 12.3. The number of carboxylic acids is 1. The summed E-state index contributed by atoms with van der Waals surface area (Å²) in [4.78, 5) is 11.0. The van der Waals surface area contributed by atoms with Crippen LogP contribution in [-0.2, 0) is 4.79 Å². The van der Waals surface area contributed by atoms with E-state index in [0.29, 0.717) is 5.92 Å². The third kappa shape index (κ3) is 2.21. The molecule has 0 aromatic carbocycles. The molecule has 2 saturated carbocycles. The summed E-state index contributed by atoms with van der Waals surface area (Å²) in [5.74, 6) is 0.0427. The minimum Gasteiger partial charge on any atom is -0.481 e. The largest absolute Gasteiger partial charge is 0.481 e. The average molecular weight is 282 g/mol. The van der Waals surface area contributed by atoms with E-state index in [2.05, 4.69) is 30.4 Å². The van der Waals surface area contributed by atoms with E-state index in [4.69, 9.17) is 5.11 Å². The minimum atomic E-state index is -0.578. The van der Waals surface area contributed by atoms with Crippen LogP contribution in [0.2, 0.25) is 0 Å². The Labute approximate surface area is 125 Å². The normalized spacial score (nSPS) is 37.4. The molecule has 1 N–H and O–H groups in total. The summed E-state index contributed by atoms with van der Waals surface area (Å²) in [6.45, 7) is 0. The van der Waals surface area contributed by atoms with Gasteiger partial charge in [-0.2, -0.15) is 0 Å². The van der Waals surface area contributed by atoms with Crippen LogP contribution in [0.5, 0.6) is 0 Å². The molecule has 0 heterocycles. The first-order valence-corrected chi connectivity index (χ1v) is 8.16. The molecule has 4 aliphatic carbocycles. The molecule has 0 bridgehead atoms. The molecule has 0 aromatic heterocycles. The molecule has 21 heavy (non-hydrogen) atoms. The van der Waals surface area contributed by atoms with Crippen LogP contribution in [0.4, 0.5) is 0 Å². The fraction of sp³-hybridized carbons (Fsp3) is 0.526. The van der Waals surface area contributed by atoms with Gasteiger partial charge in [0, 0.05) is 0 Å². The van der Waals surface area contributed by atoms with Crippen LogP contribution in [0.15, 0.2) is 47.1 Å². The second kappa shape index (κ2) is 4.72. The molecule has 4 rings (SSSR count). The molecule has 0 radical (unpaired) electrons. The summed E-state index contributed by atoms with van der Waals surface area (Å²) in [5, 5.41) is 9.09. The van der Waals surface area contributed by atoms with Crippen molar-refractivity contribution in [2.75, 3.05) is 0 Å². The van der Waals surface area contributed by atoms with Gasteiger partial charge in [-0.05, 0) is 67.4 Å². The predicted molar refractivity (Wildman–Crippen MR) is 82.8 cm³/mol. The SMILES string of the molecule is O=C(O)C1CC12CC(C1=CC=C(C3=CC=CCC3)CC1)C2. The third-order valence-electron chi connectivity index (χ3n) is 5.93. The van der Waals surface area contributed by atoms with Crippen LogP contribution in [0.3, 0.4) is 0 Å². The lowest BCUT2D eigenvalue weighted by atomic mass is 9.65. The zero-order valence-corrected chi connectivity index (χ0v) is 12.3. The van der Waals surface area contributed by atoms with Crippen molar-refractivity contribution in [3.05, 3.63) is 47.1 Å². The fourth-order valence-corrected chi connectivity index (χ4v) is 4.46. The summed E-state index contributed by atoms with van der Waals surface area (Å²) in [7, 11) is 0. The van der Waals surface area contributed by atoms with Gasteiger partial charge in [0.25, 0.3) is 0 Å². The first kappa shape index (κ1) is 13.1. The van der Waals surface area contributed by atoms with Crippen LogP contribution < -0.4 is 0 Å². The van der Waals surface area contributed by atoms with Gasteiger partial charge in [0.2, 0.25) is 0 Å². The number of carboxylic acid groups (broad SMARTS) is 1. The Morgan fingerprint density at radius 3 is 2.43 bits per heavy atom. The molecule has 0 amide bonds. The van der Waals surface area contributed by atoms with Crippen LogP contribution in [0.25, 0.3) is 0 Å². The summed E-state index contributed by atoms with van der Waals surface area (Å²) < 4.78 is 0. The summed E-state index contributed by atoms with van der Waals surface area (Å²) in [6.07, 6.45) is 19.1. The quantitative estimate of drug-likeness (QED) is 0.832. The van der Waals surface area contributed by atoms with Gasteiger partial charge in [-0.1, -0.05) is 36.0 Å². The summed E-state index contributed by atoms with van der Waals surface area (Å²) >= 11 is 0. The highest BCUT2D eigenvalue weighted by Crippen LogP contribution is 2.69. The van der Waals surface area contributed by atoms with Crippen LogP contribution in [0, 0.1) is 17.3 Å². The number of hydrogen-bond donors (Lipinski definition) is 1. The number of rotatable bonds is 3. The Balaban J connectivity index is 1.40. The Kier molecular flexibility index (Phi) is 2.95. The molecule has 2 fully saturated rings. The van der Waals surface area contributed by atoms with Crippen molar-refractivity contribution in [3.8, 4) is 0 Å². The Bertz CT molecular complexity index is 597. The summed E-state index contributed by atoms with van der Waals surface area (Å²) in [6, 6.07) is 0. The van der Waals surface area contributed by atoms with E-state index in [0.717, 1.165) is 25.7 Å². The van der Waals surface area contributed by atoms with Gasteiger partial charge < -0.3 is 5.11 Å². The molecule has 1 spiro atoms. The molecular formula is C19H22O2. The molecule has 0 aromatic rings. The van der Waals surface area contributed by atoms with Crippen molar-refractivity contribution in [3.63, 3.8) is 0 Å². The van der Waals surface area contributed by atoms with Crippen molar-refractivity contribution in [1.82, 2.24) is 0 Å².